The second-order valence-electron chi connectivity index (χ2n) is 7.58. The Morgan fingerprint density at radius 2 is 1.68 bits per heavy atom. The maximum Gasteiger partial charge on any atom is 0.404 e. The maximum atomic E-state index is 13.8. The molecule has 6 heteroatoms. The van der Waals surface area contributed by atoms with Crippen molar-refractivity contribution in [3.8, 4) is 0 Å². The Bertz CT molecular complexity index is 566. The summed E-state index contributed by atoms with van der Waals surface area (Å²) in [4.78, 5) is 2.14. The van der Waals surface area contributed by atoms with Crippen LogP contribution < -0.4 is 5.32 Å². The summed E-state index contributed by atoms with van der Waals surface area (Å²) in [5.41, 5.74) is 0.806. The zero-order valence-corrected chi connectivity index (χ0v) is 14.7. The lowest BCUT2D eigenvalue weighted by atomic mass is 9.68. The van der Waals surface area contributed by atoms with Crippen molar-refractivity contribution < 1.29 is 17.6 Å². The molecule has 0 saturated carbocycles. The average molecular weight is 358 g/mol. The van der Waals surface area contributed by atoms with Gasteiger partial charge in [-0.3, -0.25) is 0 Å². The van der Waals surface area contributed by atoms with Crippen LogP contribution in [0.5, 0.6) is 0 Å². The van der Waals surface area contributed by atoms with E-state index in [0.29, 0.717) is 6.54 Å². The number of rotatable bonds is 3. The van der Waals surface area contributed by atoms with Crippen LogP contribution >= 0.6 is 0 Å². The largest absolute Gasteiger partial charge is 0.404 e. The quantitative estimate of drug-likeness (QED) is 0.816. The number of hydrogen-bond donors (Lipinski definition) is 1. The number of benzene rings is 1. The molecular weight excluding hydrogens is 332 g/mol. The fourth-order valence-electron chi connectivity index (χ4n) is 4.52. The van der Waals surface area contributed by atoms with Gasteiger partial charge in [-0.1, -0.05) is 19.1 Å². The summed E-state index contributed by atoms with van der Waals surface area (Å²) in [6.45, 7) is 5.96. The molecule has 2 aliphatic rings. The van der Waals surface area contributed by atoms with Crippen LogP contribution in [0, 0.1) is 17.7 Å². The number of hydrogen-bond acceptors (Lipinski definition) is 2. The van der Waals surface area contributed by atoms with E-state index in [1.807, 2.05) is 13.8 Å². The first-order valence-corrected chi connectivity index (χ1v) is 9.08. The van der Waals surface area contributed by atoms with Crippen LogP contribution in [0.4, 0.5) is 17.6 Å². The summed E-state index contributed by atoms with van der Waals surface area (Å²) in [5.74, 6) is -1.14. The molecule has 5 atom stereocenters. The minimum atomic E-state index is -4.29. The van der Waals surface area contributed by atoms with Crippen molar-refractivity contribution in [2.75, 3.05) is 19.6 Å². The number of halogens is 4. The van der Waals surface area contributed by atoms with Gasteiger partial charge in [0.2, 0.25) is 0 Å². The second kappa shape index (κ2) is 7.23. The normalized spacial score (nSPS) is 34.4. The lowest BCUT2D eigenvalue weighted by Gasteiger charge is -2.48. The van der Waals surface area contributed by atoms with Gasteiger partial charge in [-0.05, 0) is 62.4 Å². The molecule has 2 fully saturated rings. The van der Waals surface area contributed by atoms with Crippen molar-refractivity contribution >= 4 is 0 Å². The molecule has 2 heterocycles. The average Bonchev–Trinajstić information content (AvgIpc) is 3.04. The molecule has 3 rings (SSSR count). The molecule has 140 valence electrons. The monoisotopic (exact) mass is 358 g/mol. The van der Waals surface area contributed by atoms with Gasteiger partial charge < -0.3 is 10.2 Å². The van der Waals surface area contributed by atoms with E-state index in [2.05, 4.69) is 10.2 Å². The van der Waals surface area contributed by atoms with Crippen molar-refractivity contribution in [3.05, 3.63) is 35.6 Å². The smallest absolute Gasteiger partial charge is 0.303 e. The summed E-state index contributed by atoms with van der Waals surface area (Å²) in [7, 11) is 0. The Balaban J connectivity index is 1.96. The van der Waals surface area contributed by atoms with Crippen LogP contribution in [0.25, 0.3) is 0 Å². The van der Waals surface area contributed by atoms with Crippen LogP contribution in [0.2, 0.25) is 0 Å². The van der Waals surface area contributed by atoms with Crippen molar-refractivity contribution in [1.29, 1.82) is 0 Å². The van der Waals surface area contributed by atoms with E-state index < -0.39 is 18.1 Å². The van der Waals surface area contributed by atoms with Gasteiger partial charge in [0.05, 0.1) is 0 Å². The van der Waals surface area contributed by atoms with Crippen molar-refractivity contribution in [3.63, 3.8) is 0 Å². The first-order valence-electron chi connectivity index (χ1n) is 9.08. The highest BCUT2D eigenvalue weighted by Gasteiger charge is 2.53. The first kappa shape index (κ1) is 18.6. The molecule has 0 bridgehead atoms. The SMILES string of the molecule is CC1NC(C(F)(F)F)C(CN2CCCC2)C(c2ccc(F)cc2)C1C. The van der Waals surface area contributed by atoms with Gasteiger partial charge in [-0.2, -0.15) is 13.2 Å². The maximum absolute atomic E-state index is 13.8. The molecule has 0 aliphatic carbocycles. The van der Waals surface area contributed by atoms with Gasteiger partial charge in [-0.25, -0.2) is 4.39 Å². The Labute approximate surface area is 146 Å². The summed E-state index contributed by atoms with van der Waals surface area (Å²) < 4.78 is 54.7. The second-order valence-corrected chi connectivity index (χ2v) is 7.58. The third-order valence-corrected chi connectivity index (χ3v) is 5.96. The molecule has 25 heavy (non-hydrogen) atoms. The number of nitrogens with one attached hydrogen (secondary N) is 1. The van der Waals surface area contributed by atoms with Crippen molar-refractivity contribution in [2.24, 2.45) is 11.8 Å². The molecule has 0 radical (unpaired) electrons. The Kier molecular flexibility index (Phi) is 5.40. The number of nitrogens with zero attached hydrogens (tertiary/aromatic N) is 1. The minimum Gasteiger partial charge on any atom is -0.303 e. The molecular formula is C19H26F4N2. The van der Waals surface area contributed by atoms with Crippen LogP contribution in [-0.2, 0) is 0 Å². The fourth-order valence-corrected chi connectivity index (χ4v) is 4.52. The minimum absolute atomic E-state index is 0.0386. The van der Waals surface area contributed by atoms with E-state index in [-0.39, 0.29) is 23.7 Å². The number of alkyl halides is 3. The predicted octanol–water partition coefficient (Wildman–Crippen LogP) is 4.18. The molecule has 2 nitrogen and oxygen atoms in total. The summed E-state index contributed by atoms with van der Waals surface area (Å²) in [5, 5.41) is 2.82. The molecule has 5 unspecified atom stereocenters. The third-order valence-electron chi connectivity index (χ3n) is 5.96. The lowest BCUT2D eigenvalue weighted by molar-refractivity contribution is -0.182. The molecule has 0 amide bonds. The summed E-state index contributed by atoms with van der Waals surface area (Å²) in [6.07, 6.45) is -2.20. The van der Waals surface area contributed by atoms with Crippen molar-refractivity contribution in [2.45, 2.75) is 50.9 Å². The Morgan fingerprint density at radius 3 is 2.24 bits per heavy atom. The molecule has 0 aromatic heterocycles. The van der Waals surface area contributed by atoms with Gasteiger partial charge in [-0.15, -0.1) is 0 Å². The van der Waals surface area contributed by atoms with Gasteiger partial charge in [0, 0.05) is 18.5 Å². The molecule has 0 spiro atoms. The zero-order valence-electron chi connectivity index (χ0n) is 14.7. The van der Waals surface area contributed by atoms with Crippen LogP contribution in [-0.4, -0.2) is 42.8 Å². The molecule has 2 aliphatic heterocycles. The fraction of sp³-hybridized carbons (Fsp3) is 0.684. The molecule has 1 N–H and O–H groups in total. The van der Waals surface area contributed by atoms with Gasteiger partial charge in [0.1, 0.15) is 11.9 Å². The number of piperidine rings is 1. The Hall–Kier alpha value is -1.14. The van der Waals surface area contributed by atoms with E-state index >= 15 is 0 Å². The van der Waals surface area contributed by atoms with E-state index in [1.54, 1.807) is 12.1 Å². The standard InChI is InChI=1S/C19H26F4N2/c1-12-13(2)24-18(19(21,22)23)16(11-25-9-3-4-10-25)17(12)14-5-7-15(20)8-6-14/h5-8,12-13,16-18,24H,3-4,9-11H2,1-2H3. The van der Waals surface area contributed by atoms with Gasteiger partial charge >= 0.3 is 6.18 Å². The highest BCUT2D eigenvalue weighted by Crippen LogP contribution is 2.44. The first-order chi connectivity index (χ1) is 11.8. The summed E-state index contributed by atoms with van der Waals surface area (Å²) in [6, 6.07) is 4.22. The van der Waals surface area contributed by atoms with Crippen LogP contribution in [0.3, 0.4) is 0 Å². The highest BCUT2D eigenvalue weighted by atomic mass is 19.4. The van der Waals surface area contributed by atoms with Crippen molar-refractivity contribution in [1.82, 2.24) is 10.2 Å². The van der Waals surface area contributed by atoms with Gasteiger partial charge in [0.25, 0.3) is 0 Å². The third kappa shape index (κ3) is 4.00. The highest BCUT2D eigenvalue weighted by molar-refractivity contribution is 5.25. The van der Waals surface area contributed by atoms with E-state index in [1.165, 1.54) is 12.1 Å². The molecule has 2 saturated heterocycles. The topological polar surface area (TPSA) is 15.3 Å². The lowest BCUT2D eigenvalue weighted by Crippen LogP contribution is -2.61. The van der Waals surface area contributed by atoms with E-state index in [0.717, 1.165) is 31.5 Å². The van der Waals surface area contributed by atoms with Crippen LogP contribution in [0.1, 0.15) is 38.2 Å². The molecule has 1 aromatic rings. The zero-order chi connectivity index (χ0) is 18.2. The van der Waals surface area contributed by atoms with Crippen LogP contribution in [0.15, 0.2) is 24.3 Å². The van der Waals surface area contributed by atoms with E-state index in [9.17, 15) is 17.6 Å². The van der Waals surface area contributed by atoms with E-state index in [4.69, 9.17) is 0 Å². The predicted molar refractivity (Wildman–Crippen MR) is 89.9 cm³/mol. The molecule has 1 aromatic carbocycles. The van der Waals surface area contributed by atoms with Gasteiger partial charge in [0.15, 0.2) is 0 Å². The summed E-state index contributed by atoms with van der Waals surface area (Å²) >= 11 is 0. The number of likely N-dealkylation sites (tertiary alicyclic amines) is 1. The Morgan fingerprint density at radius 1 is 1.08 bits per heavy atom.